The highest BCUT2D eigenvalue weighted by Gasteiger charge is 2.14. The Balaban J connectivity index is 2.22. The number of aldehydes is 1. The maximum absolute atomic E-state index is 11.6. The second-order valence-corrected chi connectivity index (χ2v) is 5.13. The van der Waals surface area contributed by atoms with E-state index in [-0.39, 0.29) is 0 Å². The van der Waals surface area contributed by atoms with Gasteiger partial charge in [0, 0.05) is 16.5 Å². The molecular formula is C18H17NO3. The van der Waals surface area contributed by atoms with Gasteiger partial charge in [-0.25, -0.2) is 0 Å². The van der Waals surface area contributed by atoms with E-state index >= 15 is 0 Å². The van der Waals surface area contributed by atoms with Crippen LogP contribution < -0.4 is 9.47 Å². The maximum Gasteiger partial charge on any atom is 0.152 e. The number of H-pyrrole nitrogens is 1. The number of nitrogens with one attached hydrogen (secondary N) is 1. The topological polar surface area (TPSA) is 51.3 Å². The molecule has 1 aromatic heterocycles. The van der Waals surface area contributed by atoms with Crippen molar-refractivity contribution in [3.05, 3.63) is 47.5 Å². The minimum absolute atomic E-state index is 0.637. The maximum atomic E-state index is 11.6. The summed E-state index contributed by atoms with van der Waals surface area (Å²) in [5, 5.41) is 0.859. The van der Waals surface area contributed by atoms with Gasteiger partial charge in [-0.3, -0.25) is 4.79 Å². The molecule has 4 nitrogen and oxygen atoms in total. The van der Waals surface area contributed by atoms with E-state index in [1.54, 1.807) is 14.2 Å². The normalized spacial score (nSPS) is 10.7. The van der Waals surface area contributed by atoms with Gasteiger partial charge in [-0.15, -0.1) is 0 Å². The second-order valence-electron chi connectivity index (χ2n) is 5.13. The zero-order valence-electron chi connectivity index (χ0n) is 12.8. The fraction of sp³-hybridized carbons (Fsp3) is 0.167. The molecular weight excluding hydrogens is 278 g/mol. The molecule has 0 atom stereocenters. The van der Waals surface area contributed by atoms with E-state index in [9.17, 15) is 4.79 Å². The predicted octanol–water partition coefficient (Wildman–Crippen LogP) is 3.97. The molecule has 22 heavy (non-hydrogen) atoms. The van der Waals surface area contributed by atoms with Crippen LogP contribution in [0.5, 0.6) is 11.5 Å². The summed E-state index contributed by atoms with van der Waals surface area (Å²) >= 11 is 0. The van der Waals surface area contributed by atoms with Crippen LogP contribution in [0.4, 0.5) is 0 Å². The van der Waals surface area contributed by atoms with Crippen molar-refractivity contribution in [1.29, 1.82) is 0 Å². The number of aryl methyl sites for hydroxylation is 1. The van der Waals surface area contributed by atoms with Crippen molar-refractivity contribution in [2.24, 2.45) is 0 Å². The molecule has 0 amide bonds. The number of carbonyl (C=O) groups excluding carboxylic acids is 1. The van der Waals surface area contributed by atoms with E-state index in [2.05, 4.69) is 4.98 Å². The Morgan fingerprint density at radius 2 is 1.86 bits per heavy atom. The molecule has 0 bridgehead atoms. The average Bonchev–Trinajstić information content (AvgIpc) is 2.92. The Labute approximate surface area is 128 Å². The van der Waals surface area contributed by atoms with E-state index < -0.39 is 0 Å². The molecule has 0 spiro atoms. The van der Waals surface area contributed by atoms with Crippen LogP contribution in [0.1, 0.15) is 15.9 Å². The van der Waals surface area contributed by atoms with Crippen LogP contribution >= 0.6 is 0 Å². The van der Waals surface area contributed by atoms with Gasteiger partial charge in [-0.1, -0.05) is 0 Å². The lowest BCUT2D eigenvalue weighted by Crippen LogP contribution is -1.89. The summed E-state index contributed by atoms with van der Waals surface area (Å²) in [5.74, 6) is 1.56. The van der Waals surface area contributed by atoms with Crippen LogP contribution in [0.25, 0.3) is 22.2 Å². The number of fused-ring (bicyclic) bond motifs is 1. The van der Waals surface area contributed by atoms with Crippen LogP contribution in [-0.4, -0.2) is 25.5 Å². The quantitative estimate of drug-likeness (QED) is 0.741. The van der Waals surface area contributed by atoms with Crippen LogP contribution in [-0.2, 0) is 0 Å². The lowest BCUT2D eigenvalue weighted by Gasteiger charge is -2.07. The summed E-state index contributed by atoms with van der Waals surface area (Å²) < 4.78 is 10.5. The monoisotopic (exact) mass is 295 g/mol. The Hall–Kier alpha value is -2.75. The van der Waals surface area contributed by atoms with E-state index in [1.165, 1.54) is 0 Å². The van der Waals surface area contributed by atoms with Crippen molar-refractivity contribution in [1.82, 2.24) is 4.98 Å². The van der Waals surface area contributed by atoms with Gasteiger partial charge in [-0.2, -0.15) is 0 Å². The highest BCUT2D eigenvalue weighted by atomic mass is 16.5. The van der Waals surface area contributed by atoms with Crippen LogP contribution in [0, 0.1) is 6.92 Å². The third-order valence-electron chi connectivity index (χ3n) is 3.85. The first-order valence-corrected chi connectivity index (χ1v) is 6.98. The molecule has 4 heteroatoms. The minimum atomic E-state index is 0.637. The number of benzene rings is 2. The van der Waals surface area contributed by atoms with Gasteiger partial charge in [0.25, 0.3) is 0 Å². The molecule has 0 fully saturated rings. The number of aromatic nitrogens is 1. The highest BCUT2D eigenvalue weighted by Crippen LogP contribution is 2.33. The number of hydrogen-bond acceptors (Lipinski definition) is 3. The van der Waals surface area contributed by atoms with Gasteiger partial charge in [0.15, 0.2) is 6.29 Å². The first-order valence-electron chi connectivity index (χ1n) is 6.98. The molecule has 1 heterocycles. The number of hydrogen-bond donors (Lipinski definition) is 1. The zero-order chi connectivity index (χ0) is 15.7. The van der Waals surface area contributed by atoms with Gasteiger partial charge in [0.05, 0.1) is 19.9 Å². The molecule has 3 rings (SSSR count). The molecule has 1 N–H and O–H groups in total. The van der Waals surface area contributed by atoms with Gasteiger partial charge in [0.1, 0.15) is 11.5 Å². The second kappa shape index (κ2) is 5.56. The van der Waals surface area contributed by atoms with Crippen molar-refractivity contribution in [2.45, 2.75) is 6.92 Å². The summed E-state index contributed by atoms with van der Waals surface area (Å²) in [4.78, 5) is 14.9. The first-order chi connectivity index (χ1) is 10.7. The average molecular weight is 295 g/mol. The molecule has 0 saturated heterocycles. The van der Waals surface area contributed by atoms with Crippen LogP contribution in [0.15, 0.2) is 36.4 Å². The van der Waals surface area contributed by atoms with E-state index in [1.807, 2.05) is 43.3 Å². The van der Waals surface area contributed by atoms with Gasteiger partial charge >= 0.3 is 0 Å². The summed E-state index contributed by atoms with van der Waals surface area (Å²) in [6.45, 7) is 1.98. The highest BCUT2D eigenvalue weighted by molar-refractivity contribution is 6.04. The molecule has 0 radical (unpaired) electrons. The van der Waals surface area contributed by atoms with Gasteiger partial charge < -0.3 is 14.5 Å². The van der Waals surface area contributed by atoms with Crippen molar-refractivity contribution in [3.63, 3.8) is 0 Å². The Kier molecular flexibility index (Phi) is 3.59. The molecule has 0 aliphatic heterocycles. The summed E-state index contributed by atoms with van der Waals surface area (Å²) in [5.41, 5.74) is 4.33. The molecule has 112 valence electrons. The van der Waals surface area contributed by atoms with Crippen molar-refractivity contribution in [2.75, 3.05) is 14.2 Å². The number of methoxy groups -OCH3 is 2. The number of aromatic amines is 1. The van der Waals surface area contributed by atoms with E-state index in [0.29, 0.717) is 5.56 Å². The third-order valence-corrected chi connectivity index (χ3v) is 3.85. The number of ether oxygens (including phenoxy) is 2. The Morgan fingerprint density at radius 1 is 1.05 bits per heavy atom. The van der Waals surface area contributed by atoms with Crippen LogP contribution in [0.3, 0.4) is 0 Å². The van der Waals surface area contributed by atoms with Crippen LogP contribution in [0.2, 0.25) is 0 Å². The predicted molar refractivity (Wildman–Crippen MR) is 87.0 cm³/mol. The molecule has 3 aromatic rings. The molecule has 0 saturated carbocycles. The summed E-state index contributed by atoms with van der Waals surface area (Å²) in [6.07, 6.45) is 0.882. The lowest BCUT2D eigenvalue weighted by atomic mass is 10.0. The standard InChI is InChI=1S/C18H17NO3/c1-11-8-12(4-7-17(11)22-3)18-15(10-20)14-9-13(21-2)5-6-16(14)19-18/h4-10,19H,1-3H3. The molecule has 0 unspecified atom stereocenters. The first kappa shape index (κ1) is 14.2. The van der Waals surface area contributed by atoms with Crippen molar-refractivity contribution < 1.29 is 14.3 Å². The van der Waals surface area contributed by atoms with E-state index in [0.717, 1.165) is 45.5 Å². The van der Waals surface area contributed by atoms with Gasteiger partial charge in [0.2, 0.25) is 0 Å². The Bertz CT molecular complexity index is 849. The van der Waals surface area contributed by atoms with Crippen molar-refractivity contribution in [3.8, 4) is 22.8 Å². The van der Waals surface area contributed by atoms with E-state index in [4.69, 9.17) is 9.47 Å². The largest absolute Gasteiger partial charge is 0.497 e. The third kappa shape index (κ3) is 2.22. The minimum Gasteiger partial charge on any atom is -0.497 e. The number of carbonyl (C=O) groups is 1. The molecule has 2 aromatic carbocycles. The Morgan fingerprint density at radius 3 is 2.50 bits per heavy atom. The fourth-order valence-electron chi connectivity index (χ4n) is 2.70. The summed E-state index contributed by atoms with van der Waals surface area (Å²) in [6, 6.07) is 11.5. The fourth-order valence-corrected chi connectivity index (χ4v) is 2.70. The molecule has 0 aliphatic rings. The zero-order valence-corrected chi connectivity index (χ0v) is 12.8. The molecule has 0 aliphatic carbocycles. The van der Waals surface area contributed by atoms with Crippen molar-refractivity contribution >= 4 is 17.2 Å². The summed E-state index contributed by atoms with van der Waals surface area (Å²) in [7, 11) is 3.26. The lowest BCUT2D eigenvalue weighted by molar-refractivity contribution is 0.112. The SMILES string of the molecule is COc1ccc2[nH]c(-c3ccc(OC)c(C)c3)c(C=O)c2c1. The van der Waals surface area contributed by atoms with Gasteiger partial charge in [-0.05, 0) is 54.4 Å². The smallest absolute Gasteiger partial charge is 0.152 e. The number of rotatable bonds is 4.